The summed E-state index contributed by atoms with van der Waals surface area (Å²) in [6, 6.07) is 3.74. The number of allylic oxidation sites excluding steroid dienone is 2. The highest BCUT2D eigenvalue weighted by Crippen LogP contribution is 2.48. The minimum Gasteiger partial charge on any atom is -0.507 e. The number of phenols is 2. The van der Waals surface area contributed by atoms with Gasteiger partial charge in [-0.05, 0) is 42.3 Å². The van der Waals surface area contributed by atoms with Crippen molar-refractivity contribution in [2.45, 2.75) is 24.5 Å². The second-order valence-electron chi connectivity index (χ2n) is 7.70. The van der Waals surface area contributed by atoms with Crippen LogP contribution in [0.15, 0.2) is 30.4 Å². The van der Waals surface area contributed by atoms with Crippen molar-refractivity contribution >= 4 is 17.3 Å². The number of hydrogen-bond acceptors (Lipinski definition) is 7. The smallest absolute Gasteiger partial charge is 0.200 e. The van der Waals surface area contributed by atoms with Crippen LogP contribution in [0.4, 0.5) is 5.69 Å². The van der Waals surface area contributed by atoms with Gasteiger partial charge in [0.2, 0.25) is 5.78 Å². The Morgan fingerprint density at radius 3 is 2.53 bits per heavy atom. The zero-order chi connectivity index (χ0) is 22.6. The SMILES string of the molecule is COc1ccc2c(c1O)C(=O)c1c3c(cc(O)c1C2=O)C1C[C@H](C#C/C=C\C#CC1O)N3. The Morgan fingerprint density at radius 2 is 1.78 bits per heavy atom. The summed E-state index contributed by atoms with van der Waals surface area (Å²) in [5, 5.41) is 35.3. The number of methoxy groups -OCH3 is 1. The first-order chi connectivity index (χ1) is 15.4. The van der Waals surface area contributed by atoms with E-state index >= 15 is 0 Å². The average molecular weight is 427 g/mol. The molecule has 1 aliphatic heterocycles. The van der Waals surface area contributed by atoms with Crippen LogP contribution in [0, 0.1) is 23.7 Å². The molecular formula is C25H17NO6. The topological polar surface area (TPSA) is 116 Å². The first kappa shape index (κ1) is 19.7. The molecule has 158 valence electrons. The molecule has 0 saturated carbocycles. The molecule has 4 N–H and O–H groups in total. The highest BCUT2D eigenvalue weighted by molar-refractivity contribution is 6.32. The standard InChI is InChI=1S/C25H17NO6/c1-32-18-9-8-13-19(24(18)30)25(31)21-20(23(13)29)17(28)11-15-14-10-12(26-22(15)21)6-4-2-3-5-7-16(14)27/h2-3,8-9,11-12,14,16,26-28,30H,10H2,1H3/b3-2-/t12-,14?,16?/m0/s1. The van der Waals surface area contributed by atoms with Gasteiger partial charge in [-0.2, -0.15) is 0 Å². The summed E-state index contributed by atoms with van der Waals surface area (Å²) >= 11 is 0. The highest BCUT2D eigenvalue weighted by atomic mass is 16.5. The fourth-order valence-corrected chi connectivity index (χ4v) is 4.48. The van der Waals surface area contributed by atoms with E-state index in [1.807, 2.05) is 0 Å². The van der Waals surface area contributed by atoms with Gasteiger partial charge in [0, 0.05) is 11.5 Å². The summed E-state index contributed by atoms with van der Waals surface area (Å²) in [6.07, 6.45) is 2.42. The molecule has 2 unspecified atom stereocenters. The summed E-state index contributed by atoms with van der Waals surface area (Å²) < 4.78 is 5.10. The normalized spacial score (nSPS) is 23.1. The van der Waals surface area contributed by atoms with Crippen LogP contribution in [0.3, 0.4) is 0 Å². The third kappa shape index (κ3) is 2.76. The van der Waals surface area contributed by atoms with Gasteiger partial charge in [-0.15, -0.1) is 0 Å². The number of anilines is 1. The van der Waals surface area contributed by atoms with E-state index in [4.69, 9.17) is 4.74 Å². The maximum atomic E-state index is 13.6. The molecule has 7 nitrogen and oxygen atoms in total. The molecule has 0 saturated heterocycles. The number of aromatic hydroxyl groups is 2. The number of hydrogen-bond donors (Lipinski definition) is 4. The van der Waals surface area contributed by atoms with E-state index in [0.717, 1.165) is 0 Å². The Bertz CT molecular complexity index is 1370. The number of rotatable bonds is 1. The Morgan fingerprint density at radius 1 is 1.03 bits per heavy atom. The molecule has 0 aromatic heterocycles. The number of nitrogens with one attached hydrogen (secondary N) is 1. The average Bonchev–Trinajstić information content (AvgIpc) is 2.78. The van der Waals surface area contributed by atoms with Gasteiger partial charge in [-0.1, -0.05) is 23.7 Å². The molecule has 2 aliphatic carbocycles. The molecule has 0 amide bonds. The number of aliphatic hydroxyl groups is 1. The van der Waals surface area contributed by atoms with Crippen molar-refractivity contribution in [1.29, 1.82) is 0 Å². The number of ketones is 2. The van der Waals surface area contributed by atoms with Crippen LogP contribution in [0.2, 0.25) is 0 Å². The van der Waals surface area contributed by atoms with Gasteiger partial charge >= 0.3 is 0 Å². The molecule has 3 aliphatic rings. The molecular weight excluding hydrogens is 410 g/mol. The first-order valence-electron chi connectivity index (χ1n) is 9.93. The minimum absolute atomic E-state index is 0.0230. The summed E-state index contributed by atoms with van der Waals surface area (Å²) in [5.74, 6) is 8.82. The second kappa shape index (κ2) is 7.19. The summed E-state index contributed by atoms with van der Waals surface area (Å²) in [6.45, 7) is 0. The van der Waals surface area contributed by atoms with Gasteiger partial charge < -0.3 is 25.4 Å². The lowest BCUT2D eigenvalue weighted by molar-refractivity contribution is 0.0973. The van der Waals surface area contributed by atoms with Crippen LogP contribution in [0.1, 0.15) is 49.7 Å². The fraction of sp³-hybridized carbons (Fsp3) is 0.200. The number of carbonyl (C=O) groups excluding carboxylic acids is 2. The Balaban J connectivity index is 1.78. The molecule has 5 rings (SSSR count). The lowest BCUT2D eigenvalue weighted by atomic mass is 9.76. The number of benzene rings is 2. The molecule has 0 fully saturated rings. The summed E-state index contributed by atoms with van der Waals surface area (Å²) in [7, 11) is 1.34. The minimum atomic E-state index is -1.07. The van der Waals surface area contributed by atoms with Gasteiger partial charge in [0.05, 0.1) is 35.5 Å². The lowest BCUT2D eigenvalue weighted by Gasteiger charge is -2.35. The van der Waals surface area contributed by atoms with Crippen molar-refractivity contribution in [2.75, 3.05) is 12.4 Å². The van der Waals surface area contributed by atoms with Gasteiger partial charge in [0.1, 0.15) is 11.9 Å². The van der Waals surface area contributed by atoms with Crippen LogP contribution in [-0.4, -0.2) is 46.1 Å². The molecule has 2 aromatic rings. The number of carbonyl (C=O) groups is 2. The van der Waals surface area contributed by atoms with E-state index in [9.17, 15) is 24.9 Å². The highest BCUT2D eigenvalue weighted by Gasteiger charge is 2.41. The van der Waals surface area contributed by atoms with Crippen LogP contribution in [0.5, 0.6) is 17.2 Å². The maximum absolute atomic E-state index is 13.6. The molecule has 32 heavy (non-hydrogen) atoms. The Labute approximate surface area is 183 Å². The van der Waals surface area contributed by atoms with Gasteiger partial charge in [-0.25, -0.2) is 0 Å². The lowest BCUT2D eigenvalue weighted by Crippen LogP contribution is -2.35. The molecule has 0 spiro atoms. The van der Waals surface area contributed by atoms with Crippen LogP contribution >= 0.6 is 0 Å². The summed E-state index contributed by atoms with van der Waals surface area (Å²) in [4.78, 5) is 26.8. The Kier molecular flexibility index (Phi) is 4.44. The molecule has 2 bridgehead atoms. The van der Waals surface area contributed by atoms with Crippen LogP contribution in [-0.2, 0) is 0 Å². The zero-order valence-electron chi connectivity index (χ0n) is 16.9. The Hall–Kier alpha value is -4.20. The molecule has 7 heteroatoms. The number of ether oxygens (including phenoxy) is 1. The van der Waals surface area contributed by atoms with E-state index in [-0.39, 0.29) is 33.8 Å². The van der Waals surface area contributed by atoms with Crippen molar-refractivity contribution in [2.24, 2.45) is 0 Å². The van der Waals surface area contributed by atoms with Crippen LogP contribution in [0.25, 0.3) is 0 Å². The molecule has 3 atom stereocenters. The predicted octanol–water partition coefficient (Wildman–Crippen LogP) is 2.09. The number of fused-ring (bicyclic) bond motifs is 7. The van der Waals surface area contributed by atoms with Gasteiger partial charge in [-0.3, -0.25) is 9.59 Å². The third-order valence-electron chi connectivity index (χ3n) is 5.95. The van der Waals surface area contributed by atoms with Gasteiger partial charge in [0.25, 0.3) is 0 Å². The molecule has 1 heterocycles. The fourth-order valence-electron chi connectivity index (χ4n) is 4.48. The van der Waals surface area contributed by atoms with Crippen molar-refractivity contribution < 1.29 is 29.6 Å². The number of phenolic OH excluding ortho intramolecular Hbond substituents is 2. The zero-order valence-corrected chi connectivity index (χ0v) is 16.9. The van der Waals surface area contributed by atoms with Crippen molar-refractivity contribution in [1.82, 2.24) is 0 Å². The first-order valence-corrected chi connectivity index (χ1v) is 9.93. The van der Waals surface area contributed by atoms with E-state index in [1.165, 1.54) is 31.4 Å². The monoisotopic (exact) mass is 427 g/mol. The number of aliphatic hydroxyl groups excluding tert-OH is 1. The van der Waals surface area contributed by atoms with E-state index in [0.29, 0.717) is 17.7 Å². The third-order valence-corrected chi connectivity index (χ3v) is 5.95. The van der Waals surface area contributed by atoms with E-state index in [1.54, 1.807) is 6.08 Å². The van der Waals surface area contributed by atoms with Crippen molar-refractivity contribution in [3.05, 3.63) is 58.2 Å². The predicted molar refractivity (Wildman–Crippen MR) is 115 cm³/mol. The maximum Gasteiger partial charge on any atom is 0.200 e. The molecule has 2 aromatic carbocycles. The largest absolute Gasteiger partial charge is 0.507 e. The second-order valence-corrected chi connectivity index (χ2v) is 7.70. The quantitative estimate of drug-likeness (QED) is 0.347. The van der Waals surface area contributed by atoms with Crippen LogP contribution < -0.4 is 10.1 Å². The van der Waals surface area contributed by atoms with Crippen molar-refractivity contribution in [3.8, 4) is 40.9 Å². The summed E-state index contributed by atoms with van der Waals surface area (Å²) in [5.41, 5.74) is 0.321. The molecule has 0 radical (unpaired) electrons. The van der Waals surface area contributed by atoms with E-state index in [2.05, 4.69) is 29.0 Å². The van der Waals surface area contributed by atoms with Gasteiger partial charge in [0.15, 0.2) is 17.3 Å². The van der Waals surface area contributed by atoms with E-state index < -0.39 is 35.4 Å². The van der Waals surface area contributed by atoms with Crippen molar-refractivity contribution in [3.63, 3.8) is 0 Å².